The number of aryl methyl sites for hydroxylation is 1. The first-order valence-corrected chi connectivity index (χ1v) is 11.5. The first-order valence-electron chi connectivity index (χ1n) is 9.64. The zero-order valence-electron chi connectivity index (χ0n) is 15.4. The van der Waals surface area contributed by atoms with Crippen LogP contribution in [-0.4, -0.2) is 15.0 Å². The Balaban J connectivity index is 1.71. The molecular formula is C23H15IN4S. The van der Waals surface area contributed by atoms with E-state index in [1.54, 1.807) is 17.5 Å². The fourth-order valence-electron chi connectivity index (χ4n) is 4.64. The lowest BCUT2D eigenvalue weighted by molar-refractivity contribution is 0.689. The Hall–Kier alpha value is -2.50. The summed E-state index contributed by atoms with van der Waals surface area (Å²) in [5, 5.41) is 11.8. The van der Waals surface area contributed by atoms with Gasteiger partial charge in [-0.25, -0.2) is 4.98 Å². The summed E-state index contributed by atoms with van der Waals surface area (Å²) in [7, 11) is 0. The average molecular weight is 506 g/mol. The SMILES string of the molecule is N#Cc1cnc2ccc3[nH]c(-c4ccc5nc(I)sc5c4)c4c(c3c12)CCCC4. The molecule has 6 rings (SSSR count). The number of hydrogen-bond donors (Lipinski definition) is 1. The summed E-state index contributed by atoms with van der Waals surface area (Å²) in [5.41, 5.74) is 8.89. The molecule has 4 nitrogen and oxygen atoms in total. The Morgan fingerprint density at radius 3 is 2.72 bits per heavy atom. The number of halogens is 1. The molecule has 0 radical (unpaired) electrons. The van der Waals surface area contributed by atoms with E-state index in [4.69, 9.17) is 0 Å². The standard InChI is InChI=1S/C23H15IN4S/c24-23-28-16-6-5-12(9-19(16)29-23)22-15-4-2-1-3-14(15)21-18(27-22)8-7-17-20(21)13(10-25)11-26-17/h5-9,11,27H,1-4H2. The van der Waals surface area contributed by atoms with Gasteiger partial charge in [-0.1, -0.05) is 6.07 Å². The van der Waals surface area contributed by atoms with Crippen molar-refractivity contribution in [2.24, 2.45) is 0 Å². The molecule has 2 aromatic carbocycles. The molecule has 0 spiro atoms. The number of pyridine rings is 1. The number of H-pyrrole nitrogens is 1. The van der Waals surface area contributed by atoms with E-state index in [0.29, 0.717) is 5.56 Å². The van der Waals surface area contributed by atoms with Crippen LogP contribution in [-0.2, 0) is 12.8 Å². The summed E-state index contributed by atoms with van der Waals surface area (Å²) >= 11 is 4.01. The third kappa shape index (κ3) is 2.61. The van der Waals surface area contributed by atoms with Gasteiger partial charge < -0.3 is 4.98 Å². The molecular weight excluding hydrogens is 491 g/mol. The maximum atomic E-state index is 9.62. The lowest BCUT2D eigenvalue weighted by Crippen LogP contribution is -2.08. The van der Waals surface area contributed by atoms with Crippen LogP contribution < -0.4 is 0 Å². The van der Waals surface area contributed by atoms with Gasteiger partial charge in [0.25, 0.3) is 0 Å². The molecule has 1 aliphatic carbocycles. The number of aromatic amines is 1. The van der Waals surface area contributed by atoms with Crippen LogP contribution in [0.1, 0.15) is 29.5 Å². The van der Waals surface area contributed by atoms with Crippen LogP contribution in [0.25, 0.3) is 43.3 Å². The van der Waals surface area contributed by atoms with Crippen molar-refractivity contribution in [3.05, 3.63) is 56.2 Å². The first kappa shape index (κ1) is 17.4. The third-order valence-corrected chi connectivity index (χ3v) is 7.60. The number of thiazole rings is 1. The van der Waals surface area contributed by atoms with Crippen molar-refractivity contribution in [1.82, 2.24) is 15.0 Å². The average Bonchev–Trinajstić information content (AvgIpc) is 3.34. The molecule has 0 unspecified atom stereocenters. The highest BCUT2D eigenvalue weighted by molar-refractivity contribution is 14.1. The summed E-state index contributed by atoms with van der Waals surface area (Å²) in [4.78, 5) is 12.8. The maximum Gasteiger partial charge on any atom is 0.155 e. The van der Waals surface area contributed by atoms with Gasteiger partial charge in [0, 0.05) is 28.2 Å². The van der Waals surface area contributed by atoms with E-state index >= 15 is 0 Å². The van der Waals surface area contributed by atoms with Crippen molar-refractivity contribution < 1.29 is 0 Å². The van der Waals surface area contributed by atoms with Gasteiger partial charge >= 0.3 is 0 Å². The van der Waals surface area contributed by atoms with E-state index in [1.165, 1.54) is 45.3 Å². The van der Waals surface area contributed by atoms with Crippen molar-refractivity contribution in [3.63, 3.8) is 0 Å². The smallest absolute Gasteiger partial charge is 0.155 e. The number of nitrogens with zero attached hydrogens (tertiary/aromatic N) is 3. The minimum Gasteiger partial charge on any atom is -0.354 e. The monoisotopic (exact) mass is 506 g/mol. The first-order chi connectivity index (χ1) is 14.2. The second-order valence-corrected chi connectivity index (χ2v) is 10.3. The molecule has 5 aromatic rings. The topological polar surface area (TPSA) is 65.4 Å². The highest BCUT2D eigenvalue weighted by atomic mass is 127. The predicted octanol–water partition coefficient (Wildman–Crippen LogP) is 6.35. The molecule has 0 bridgehead atoms. The molecule has 0 atom stereocenters. The molecule has 6 heteroatoms. The van der Waals surface area contributed by atoms with Crippen molar-refractivity contribution in [3.8, 4) is 17.3 Å². The van der Waals surface area contributed by atoms with Gasteiger partial charge in [0.2, 0.25) is 0 Å². The molecule has 140 valence electrons. The van der Waals surface area contributed by atoms with Gasteiger partial charge in [0.15, 0.2) is 3.01 Å². The summed E-state index contributed by atoms with van der Waals surface area (Å²) in [6, 6.07) is 13.0. The number of hydrogen-bond acceptors (Lipinski definition) is 4. The van der Waals surface area contributed by atoms with Crippen LogP contribution >= 0.6 is 33.9 Å². The third-order valence-electron chi connectivity index (χ3n) is 5.89. The van der Waals surface area contributed by atoms with Crippen LogP contribution in [0.15, 0.2) is 36.5 Å². The van der Waals surface area contributed by atoms with E-state index < -0.39 is 0 Å². The molecule has 1 N–H and O–H groups in total. The maximum absolute atomic E-state index is 9.62. The van der Waals surface area contributed by atoms with Crippen molar-refractivity contribution in [1.29, 1.82) is 5.26 Å². The van der Waals surface area contributed by atoms with E-state index in [0.717, 1.165) is 37.8 Å². The summed E-state index contributed by atoms with van der Waals surface area (Å²) in [6.07, 6.45) is 6.18. The van der Waals surface area contributed by atoms with E-state index in [1.807, 2.05) is 6.07 Å². The summed E-state index contributed by atoms with van der Waals surface area (Å²) in [5.74, 6) is 0. The molecule has 3 aromatic heterocycles. The van der Waals surface area contributed by atoms with Crippen LogP contribution in [0.2, 0.25) is 0 Å². The van der Waals surface area contributed by atoms with Crippen molar-refractivity contribution >= 4 is 66.0 Å². The van der Waals surface area contributed by atoms with Crippen molar-refractivity contribution in [2.75, 3.05) is 0 Å². The number of rotatable bonds is 1. The Kier molecular flexibility index (Phi) is 3.90. The molecule has 29 heavy (non-hydrogen) atoms. The predicted molar refractivity (Wildman–Crippen MR) is 126 cm³/mol. The second kappa shape index (κ2) is 6.51. The minimum absolute atomic E-state index is 0.667. The zero-order valence-corrected chi connectivity index (χ0v) is 18.4. The summed E-state index contributed by atoms with van der Waals surface area (Å²) in [6.45, 7) is 0. The Labute approximate surface area is 184 Å². The second-order valence-electron chi connectivity index (χ2n) is 7.48. The molecule has 0 saturated carbocycles. The van der Waals surface area contributed by atoms with Gasteiger partial charge in [-0.2, -0.15) is 5.26 Å². The lowest BCUT2D eigenvalue weighted by atomic mass is 9.85. The normalized spacial score (nSPS) is 13.8. The lowest BCUT2D eigenvalue weighted by Gasteiger charge is -2.23. The summed E-state index contributed by atoms with van der Waals surface area (Å²) < 4.78 is 2.28. The van der Waals surface area contributed by atoms with Crippen LogP contribution in [0.3, 0.4) is 0 Å². The Bertz CT molecular complexity index is 1490. The van der Waals surface area contributed by atoms with Crippen LogP contribution in [0.5, 0.6) is 0 Å². The van der Waals surface area contributed by atoms with E-state index in [2.05, 4.69) is 67.9 Å². The highest BCUT2D eigenvalue weighted by Gasteiger charge is 2.22. The van der Waals surface area contributed by atoms with Crippen molar-refractivity contribution in [2.45, 2.75) is 25.7 Å². The Morgan fingerprint density at radius 1 is 1.03 bits per heavy atom. The van der Waals surface area contributed by atoms with Crippen LogP contribution in [0.4, 0.5) is 0 Å². The zero-order chi connectivity index (χ0) is 19.5. The largest absolute Gasteiger partial charge is 0.354 e. The Morgan fingerprint density at radius 2 is 1.86 bits per heavy atom. The number of nitriles is 1. The quantitative estimate of drug-likeness (QED) is 0.270. The number of aromatic nitrogens is 3. The molecule has 0 fully saturated rings. The minimum atomic E-state index is 0.667. The van der Waals surface area contributed by atoms with Gasteiger partial charge in [0.1, 0.15) is 6.07 Å². The van der Waals surface area contributed by atoms with Gasteiger partial charge in [0.05, 0.1) is 21.3 Å². The number of nitrogens with one attached hydrogen (secondary N) is 1. The van der Waals surface area contributed by atoms with E-state index in [-0.39, 0.29) is 0 Å². The van der Waals surface area contributed by atoms with Crippen LogP contribution in [0, 0.1) is 14.3 Å². The fraction of sp³-hybridized carbons (Fsp3) is 0.174. The highest BCUT2D eigenvalue weighted by Crippen LogP contribution is 2.39. The molecule has 0 aliphatic heterocycles. The molecule has 1 aliphatic rings. The fourth-order valence-corrected chi connectivity index (χ4v) is 6.34. The molecule has 3 heterocycles. The van der Waals surface area contributed by atoms with Gasteiger partial charge in [-0.3, -0.25) is 4.98 Å². The van der Waals surface area contributed by atoms with E-state index in [9.17, 15) is 5.26 Å². The number of benzene rings is 2. The van der Waals surface area contributed by atoms with Gasteiger partial charge in [-0.15, -0.1) is 11.3 Å². The number of fused-ring (bicyclic) bond motifs is 6. The molecule has 0 amide bonds. The molecule has 0 saturated heterocycles. The van der Waals surface area contributed by atoms with Gasteiger partial charge in [-0.05, 0) is 89.2 Å².